The first-order chi connectivity index (χ1) is 13.4. The molecule has 1 aromatic carbocycles. The highest BCUT2D eigenvalue weighted by molar-refractivity contribution is 6.42. The molecule has 0 bridgehead atoms. The number of likely N-dealkylation sites (tertiary alicyclic amines) is 1. The Labute approximate surface area is 176 Å². The molecule has 152 valence electrons. The number of rotatable bonds is 3. The van der Waals surface area contributed by atoms with Crippen molar-refractivity contribution in [2.75, 3.05) is 46.3 Å². The van der Waals surface area contributed by atoms with Gasteiger partial charge in [0.1, 0.15) is 0 Å². The number of hydrogen-bond donors (Lipinski definition) is 0. The van der Waals surface area contributed by atoms with Crippen molar-refractivity contribution in [2.45, 2.75) is 37.6 Å². The standard InChI is InChI=1S/C21H27Cl2N3O2/c1-24-8-9-26(14(12-24)13-25-6-2-3-7-25)21(28)15-4-5-20(27)17-11-19(23)18(22)10-16(15)17/h10-11,14-15H,2-9,12-13H2,1H3. The Bertz CT molecular complexity index is 779. The van der Waals surface area contributed by atoms with E-state index >= 15 is 0 Å². The van der Waals surface area contributed by atoms with Gasteiger partial charge in [-0.25, -0.2) is 0 Å². The van der Waals surface area contributed by atoms with Crippen LogP contribution < -0.4 is 0 Å². The number of amides is 1. The molecule has 4 rings (SSSR count). The lowest BCUT2D eigenvalue weighted by molar-refractivity contribution is -0.138. The van der Waals surface area contributed by atoms with Gasteiger partial charge in [-0.05, 0) is 57.1 Å². The van der Waals surface area contributed by atoms with Crippen molar-refractivity contribution in [1.82, 2.24) is 14.7 Å². The van der Waals surface area contributed by atoms with Gasteiger partial charge in [0.05, 0.1) is 22.0 Å². The minimum Gasteiger partial charge on any atom is -0.335 e. The zero-order valence-electron chi connectivity index (χ0n) is 16.3. The number of carbonyl (C=O) groups excluding carboxylic acids is 2. The Morgan fingerprint density at radius 1 is 1.11 bits per heavy atom. The average molecular weight is 424 g/mol. The second kappa shape index (κ2) is 8.31. The predicted octanol–water partition coefficient (Wildman–Crippen LogP) is 3.29. The van der Waals surface area contributed by atoms with Crippen LogP contribution in [0.1, 0.15) is 47.5 Å². The van der Waals surface area contributed by atoms with Crippen molar-refractivity contribution < 1.29 is 9.59 Å². The SMILES string of the molecule is CN1CCN(C(=O)C2CCC(=O)c3cc(Cl)c(Cl)cc32)C(CN2CCCC2)C1. The molecule has 2 aliphatic heterocycles. The Morgan fingerprint density at radius 2 is 1.82 bits per heavy atom. The number of Topliss-reactive ketones (excluding diaryl/α,β-unsaturated/α-hetero) is 1. The van der Waals surface area contributed by atoms with E-state index in [9.17, 15) is 9.59 Å². The average Bonchev–Trinajstić information content (AvgIpc) is 3.16. The van der Waals surface area contributed by atoms with Gasteiger partial charge in [0.25, 0.3) is 0 Å². The van der Waals surface area contributed by atoms with Crippen LogP contribution >= 0.6 is 23.2 Å². The molecule has 0 aromatic heterocycles. The largest absolute Gasteiger partial charge is 0.335 e. The normalized spacial score (nSPS) is 26.5. The van der Waals surface area contributed by atoms with E-state index in [0.717, 1.165) is 44.8 Å². The molecule has 0 N–H and O–H groups in total. The number of nitrogens with zero attached hydrogens (tertiary/aromatic N) is 3. The van der Waals surface area contributed by atoms with Crippen LogP contribution in [-0.4, -0.2) is 78.7 Å². The summed E-state index contributed by atoms with van der Waals surface area (Å²) in [5.74, 6) is -0.138. The molecule has 3 aliphatic rings. The van der Waals surface area contributed by atoms with E-state index in [-0.39, 0.29) is 23.7 Å². The van der Waals surface area contributed by atoms with Gasteiger partial charge in [-0.1, -0.05) is 23.2 Å². The highest BCUT2D eigenvalue weighted by Gasteiger charge is 2.38. The topological polar surface area (TPSA) is 43.9 Å². The number of fused-ring (bicyclic) bond motifs is 1. The molecule has 0 radical (unpaired) electrons. The molecule has 1 amide bonds. The molecule has 2 unspecified atom stereocenters. The number of carbonyl (C=O) groups is 2. The molecule has 2 saturated heterocycles. The fourth-order valence-electron chi connectivity index (χ4n) is 4.83. The minimum absolute atomic E-state index is 0.0459. The lowest BCUT2D eigenvalue weighted by Gasteiger charge is -2.43. The summed E-state index contributed by atoms with van der Waals surface area (Å²) < 4.78 is 0. The first kappa shape index (κ1) is 20.1. The number of likely N-dealkylation sites (N-methyl/N-ethyl adjacent to an activating group) is 1. The summed E-state index contributed by atoms with van der Waals surface area (Å²) in [6.07, 6.45) is 3.42. The fourth-order valence-corrected chi connectivity index (χ4v) is 5.17. The first-order valence-corrected chi connectivity index (χ1v) is 10.9. The molecule has 0 spiro atoms. The summed E-state index contributed by atoms with van der Waals surface area (Å²) in [6, 6.07) is 3.55. The molecular formula is C21H27Cl2N3O2. The van der Waals surface area contributed by atoms with Gasteiger partial charge in [-0.3, -0.25) is 9.59 Å². The number of ketones is 1. The van der Waals surface area contributed by atoms with Crippen molar-refractivity contribution in [3.63, 3.8) is 0 Å². The van der Waals surface area contributed by atoms with Crippen LogP contribution in [0.25, 0.3) is 0 Å². The molecule has 2 atom stereocenters. The second-order valence-electron chi connectivity index (χ2n) is 8.32. The predicted molar refractivity (Wildman–Crippen MR) is 111 cm³/mol. The van der Waals surface area contributed by atoms with Crippen LogP contribution in [0.4, 0.5) is 0 Å². The van der Waals surface area contributed by atoms with Crippen LogP contribution in [0, 0.1) is 0 Å². The van der Waals surface area contributed by atoms with Crippen molar-refractivity contribution in [3.05, 3.63) is 33.3 Å². The number of hydrogen-bond acceptors (Lipinski definition) is 4. The van der Waals surface area contributed by atoms with E-state index in [2.05, 4.69) is 21.7 Å². The Kier molecular flexibility index (Phi) is 5.98. The summed E-state index contributed by atoms with van der Waals surface area (Å²) in [5.41, 5.74) is 1.30. The Balaban J connectivity index is 1.59. The second-order valence-corrected chi connectivity index (χ2v) is 9.14. The van der Waals surface area contributed by atoms with E-state index in [1.165, 1.54) is 12.8 Å². The monoisotopic (exact) mass is 423 g/mol. The zero-order valence-corrected chi connectivity index (χ0v) is 17.8. The summed E-state index contributed by atoms with van der Waals surface area (Å²) in [6.45, 7) is 5.67. The Hall–Kier alpha value is -1.14. The molecule has 0 saturated carbocycles. The zero-order chi connectivity index (χ0) is 19.8. The van der Waals surface area contributed by atoms with E-state index in [0.29, 0.717) is 28.5 Å². The van der Waals surface area contributed by atoms with E-state index in [1.807, 2.05) is 0 Å². The van der Waals surface area contributed by atoms with E-state index < -0.39 is 0 Å². The molecule has 1 aromatic rings. The van der Waals surface area contributed by atoms with Crippen LogP contribution in [0.15, 0.2) is 12.1 Å². The molecular weight excluding hydrogens is 397 g/mol. The van der Waals surface area contributed by atoms with Gasteiger partial charge < -0.3 is 14.7 Å². The van der Waals surface area contributed by atoms with Crippen LogP contribution in [0.2, 0.25) is 10.0 Å². The van der Waals surface area contributed by atoms with Gasteiger partial charge >= 0.3 is 0 Å². The smallest absolute Gasteiger partial charge is 0.230 e. The van der Waals surface area contributed by atoms with Crippen LogP contribution in [0.3, 0.4) is 0 Å². The van der Waals surface area contributed by atoms with E-state index in [1.54, 1.807) is 12.1 Å². The summed E-state index contributed by atoms with van der Waals surface area (Å²) in [7, 11) is 2.12. The van der Waals surface area contributed by atoms with Crippen molar-refractivity contribution >= 4 is 34.9 Å². The third kappa shape index (κ3) is 3.95. The maximum Gasteiger partial charge on any atom is 0.230 e. The van der Waals surface area contributed by atoms with E-state index in [4.69, 9.17) is 23.2 Å². The third-order valence-corrected chi connectivity index (χ3v) is 7.09. The highest BCUT2D eigenvalue weighted by Crippen LogP contribution is 2.38. The van der Waals surface area contributed by atoms with Crippen LogP contribution in [-0.2, 0) is 4.79 Å². The molecule has 5 nitrogen and oxygen atoms in total. The number of halogens is 2. The number of benzene rings is 1. The van der Waals surface area contributed by atoms with Crippen molar-refractivity contribution in [2.24, 2.45) is 0 Å². The minimum atomic E-state index is -0.313. The lowest BCUT2D eigenvalue weighted by Crippen LogP contribution is -2.58. The molecule has 2 fully saturated rings. The van der Waals surface area contributed by atoms with Gasteiger partial charge in [-0.15, -0.1) is 0 Å². The number of piperazine rings is 1. The van der Waals surface area contributed by atoms with Gasteiger partial charge in [0.2, 0.25) is 5.91 Å². The van der Waals surface area contributed by atoms with Crippen molar-refractivity contribution in [3.8, 4) is 0 Å². The van der Waals surface area contributed by atoms with Crippen LogP contribution in [0.5, 0.6) is 0 Å². The highest BCUT2D eigenvalue weighted by atomic mass is 35.5. The fraction of sp³-hybridized carbons (Fsp3) is 0.619. The first-order valence-electron chi connectivity index (χ1n) is 10.2. The molecule has 28 heavy (non-hydrogen) atoms. The van der Waals surface area contributed by atoms with Gasteiger partial charge in [0.15, 0.2) is 5.78 Å². The maximum absolute atomic E-state index is 13.6. The van der Waals surface area contributed by atoms with Gasteiger partial charge in [-0.2, -0.15) is 0 Å². The Morgan fingerprint density at radius 3 is 2.57 bits per heavy atom. The third-order valence-electron chi connectivity index (χ3n) is 6.36. The molecule has 2 heterocycles. The summed E-state index contributed by atoms with van der Waals surface area (Å²) >= 11 is 12.4. The lowest BCUT2D eigenvalue weighted by atomic mass is 9.81. The summed E-state index contributed by atoms with van der Waals surface area (Å²) in [4.78, 5) is 32.8. The van der Waals surface area contributed by atoms with Gasteiger partial charge in [0, 0.05) is 38.2 Å². The molecule has 7 heteroatoms. The van der Waals surface area contributed by atoms with Crippen molar-refractivity contribution in [1.29, 1.82) is 0 Å². The summed E-state index contributed by atoms with van der Waals surface area (Å²) in [5, 5.41) is 0.772. The molecule has 1 aliphatic carbocycles. The quantitative estimate of drug-likeness (QED) is 0.747. The maximum atomic E-state index is 13.6.